The summed E-state index contributed by atoms with van der Waals surface area (Å²) in [5.41, 5.74) is -11.6. The molecular formula is C5H6F6N2O5S2. The van der Waals surface area contributed by atoms with Crippen molar-refractivity contribution in [3.63, 3.8) is 0 Å². The van der Waals surface area contributed by atoms with Crippen LogP contribution in [0, 0.1) is 0 Å². The smallest absolute Gasteiger partial charge is 0.349 e. The highest BCUT2D eigenvalue weighted by atomic mass is 32.2. The van der Waals surface area contributed by atoms with Gasteiger partial charge in [0.05, 0.1) is 6.67 Å². The number of sulfonamides is 2. The van der Waals surface area contributed by atoms with E-state index in [9.17, 15) is 43.2 Å². The fourth-order valence-electron chi connectivity index (χ4n) is 1.09. The minimum absolute atomic E-state index is 0.570. The van der Waals surface area contributed by atoms with Gasteiger partial charge in [-0.2, -0.15) is 35.0 Å². The van der Waals surface area contributed by atoms with Crippen molar-refractivity contribution in [2.24, 2.45) is 0 Å². The first-order chi connectivity index (χ1) is 8.71. The molecule has 1 fully saturated rings. The molecule has 0 spiro atoms. The highest BCUT2D eigenvalue weighted by Crippen LogP contribution is 2.31. The molecule has 0 aliphatic carbocycles. The third-order valence-electron chi connectivity index (χ3n) is 2.05. The van der Waals surface area contributed by atoms with Crippen molar-refractivity contribution in [2.75, 3.05) is 20.1 Å². The van der Waals surface area contributed by atoms with Crippen LogP contribution in [-0.4, -0.2) is 56.6 Å². The topological polar surface area (TPSA) is 84.0 Å². The summed E-state index contributed by atoms with van der Waals surface area (Å²) in [6.45, 7) is -4.08. The zero-order valence-corrected chi connectivity index (χ0v) is 10.8. The lowest BCUT2D eigenvalue weighted by Crippen LogP contribution is -2.55. The third-order valence-corrected chi connectivity index (χ3v) is 5.02. The second kappa shape index (κ2) is 4.97. The second-order valence-corrected chi connectivity index (χ2v) is 7.27. The van der Waals surface area contributed by atoms with Crippen LogP contribution >= 0.6 is 0 Å². The predicted molar refractivity (Wildman–Crippen MR) is 49.3 cm³/mol. The van der Waals surface area contributed by atoms with Crippen LogP contribution < -0.4 is 0 Å². The van der Waals surface area contributed by atoms with E-state index < -0.39 is 59.8 Å². The molecule has 120 valence electrons. The number of nitrogens with zero attached hydrogens (tertiary/aromatic N) is 2. The lowest BCUT2D eigenvalue weighted by molar-refractivity contribution is -0.0843. The molecule has 0 aromatic heterocycles. The molecule has 0 radical (unpaired) electrons. The quantitative estimate of drug-likeness (QED) is 0.663. The molecule has 1 aliphatic heterocycles. The van der Waals surface area contributed by atoms with Crippen LogP contribution in [0.15, 0.2) is 0 Å². The summed E-state index contributed by atoms with van der Waals surface area (Å²) in [7, 11) is -12.0. The standard InChI is InChI=1S/C5H6F6N2O5S2/c6-4(7,8)19(14,15)12-1-13(3-18-2-12)20(16,17)5(9,10)11/h1-3H2. The van der Waals surface area contributed by atoms with Gasteiger partial charge in [-0.1, -0.05) is 0 Å². The maximum Gasteiger partial charge on any atom is 0.511 e. The first-order valence-corrected chi connectivity index (χ1v) is 7.30. The number of ether oxygens (including phenoxy) is 1. The molecule has 0 unspecified atom stereocenters. The Hall–Kier alpha value is -0.640. The van der Waals surface area contributed by atoms with Gasteiger partial charge in [0.25, 0.3) is 0 Å². The van der Waals surface area contributed by atoms with Crippen molar-refractivity contribution in [3.8, 4) is 0 Å². The van der Waals surface area contributed by atoms with Crippen LogP contribution in [0.3, 0.4) is 0 Å². The third kappa shape index (κ3) is 3.00. The van der Waals surface area contributed by atoms with Gasteiger partial charge < -0.3 is 4.74 Å². The van der Waals surface area contributed by atoms with E-state index in [0.717, 1.165) is 0 Å². The highest BCUT2D eigenvalue weighted by molar-refractivity contribution is 7.90. The van der Waals surface area contributed by atoms with E-state index in [4.69, 9.17) is 0 Å². The van der Waals surface area contributed by atoms with Crippen LogP contribution in [0.2, 0.25) is 0 Å². The summed E-state index contributed by atoms with van der Waals surface area (Å²) in [6.07, 6.45) is 0. The van der Waals surface area contributed by atoms with Crippen molar-refractivity contribution in [1.82, 2.24) is 8.61 Å². The molecule has 0 N–H and O–H groups in total. The monoisotopic (exact) mass is 352 g/mol. The molecule has 0 bridgehead atoms. The number of halogens is 6. The molecule has 1 heterocycles. The van der Waals surface area contributed by atoms with Crippen molar-refractivity contribution >= 4 is 20.0 Å². The van der Waals surface area contributed by atoms with Gasteiger partial charge in [0.2, 0.25) is 0 Å². The van der Waals surface area contributed by atoms with Crippen molar-refractivity contribution in [1.29, 1.82) is 0 Å². The van der Waals surface area contributed by atoms with Crippen molar-refractivity contribution < 1.29 is 47.9 Å². The number of hydrogen-bond acceptors (Lipinski definition) is 5. The molecule has 1 rings (SSSR count). The van der Waals surface area contributed by atoms with Crippen LogP contribution in [-0.2, 0) is 24.8 Å². The zero-order valence-electron chi connectivity index (χ0n) is 9.14. The number of alkyl halides is 6. The normalized spacial score (nSPS) is 21.1. The van der Waals surface area contributed by atoms with Gasteiger partial charge in [-0.15, -0.1) is 0 Å². The Balaban J connectivity index is 3.06. The molecule has 15 heteroatoms. The molecular weight excluding hydrogens is 346 g/mol. The Morgan fingerprint density at radius 3 is 1.30 bits per heavy atom. The van der Waals surface area contributed by atoms with E-state index in [1.807, 2.05) is 0 Å². The second-order valence-electron chi connectivity index (χ2n) is 3.41. The Labute approximate surface area is 108 Å². The van der Waals surface area contributed by atoms with E-state index >= 15 is 0 Å². The first kappa shape index (κ1) is 17.4. The lowest BCUT2D eigenvalue weighted by atomic mass is 10.9. The van der Waals surface area contributed by atoms with Crippen LogP contribution in [0.4, 0.5) is 26.3 Å². The Kier molecular flexibility index (Phi) is 4.33. The summed E-state index contributed by atoms with van der Waals surface area (Å²) in [5.74, 6) is 0. The summed E-state index contributed by atoms with van der Waals surface area (Å²) in [5, 5.41) is 0. The Morgan fingerprint density at radius 1 is 0.750 bits per heavy atom. The molecule has 0 aromatic rings. The van der Waals surface area contributed by atoms with E-state index in [0.29, 0.717) is 0 Å². The SMILES string of the molecule is O=S(=O)(N1COCN(S(=O)(=O)C(F)(F)F)C1)C(F)(F)F. The molecule has 7 nitrogen and oxygen atoms in total. The van der Waals surface area contributed by atoms with Gasteiger partial charge in [0.15, 0.2) is 0 Å². The van der Waals surface area contributed by atoms with Gasteiger partial charge in [0.1, 0.15) is 13.5 Å². The first-order valence-electron chi connectivity index (χ1n) is 4.42. The number of rotatable bonds is 2. The average molecular weight is 352 g/mol. The molecule has 0 amide bonds. The summed E-state index contributed by atoms with van der Waals surface area (Å²) < 4.78 is 120. The van der Waals surface area contributed by atoms with Crippen LogP contribution in [0.25, 0.3) is 0 Å². The Bertz CT molecular complexity index is 516. The minimum atomic E-state index is -6.00. The van der Waals surface area contributed by atoms with Gasteiger partial charge >= 0.3 is 31.1 Å². The van der Waals surface area contributed by atoms with E-state index in [-0.39, 0.29) is 0 Å². The lowest BCUT2D eigenvalue weighted by Gasteiger charge is -2.33. The fraction of sp³-hybridized carbons (Fsp3) is 1.00. The molecule has 1 aliphatic rings. The van der Waals surface area contributed by atoms with Crippen LogP contribution in [0.1, 0.15) is 0 Å². The molecule has 0 aromatic carbocycles. The predicted octanol–water partition coefficient (Wildman–Crippen LogP) is 0.192. The fourth-order valence-corrected chi connectivity index (χ4v) is 2.75. The number of hydrogen-bond donors (Lipinski definition) is 0. The minimum Gasteiger partial charge on any atom is -0.349 e. The maximum atomic E-state index is 12.2. The molecule has 0 saturated carbocycles. The summed E-state index contributed by atoms with van der Waals surface area (Å²) >= 11 is 0. The highest BCUT2D eigenvalue weighted by Gasteiger charge is 2.55. The van der Waals surface area contributed by atoms with Crippen molar-refractivity contribution in [2.45, 2.75) is 11.0 Å². The molecule has 20 heavy (non-hydrogen) atoms. The van der Waals surface area contributed by atoms with Gasteiger partial charge in [-0.25, -0.2) is 16.8 Å². The summed E-state index contributed by atoms with van der Waals surface area (Å²) in [6, 6.07) is 0. The van der Waals surface area contributed by atoms with E-state index in [1.165, 1.54) is 0 Å². The average Bonchev–Trinajstić information content (AvgIpc) is 2.26. The molecule has 0 atom stereocenters. The van der Waals surface area contributed by atoms with Gasteiger partial charge in [-0.05, 0) is 0 Å². The molecule has 1 saturated heterocycles. The van der Waals surface area contributed by atoms with Gasteiger partial charge in [0, 0.05) is 0 Å². The largest absolute Gasteiger partial charge is 0.511 e. The summed E-state index contributed by atoms with van der Waals surface area (Å²) in [4.78, 5) is 0. The van der Waals surface area contributed by atoms with E-state index in [1.54, 1.807) is 0 Å². The van der Waals surface area contributed by atoms with Crippen molar-refractivity contribution in [3.05, 3.63) is 0 Å². The van der Waals surface area contributed by atoms with Gasteiger partial charge in [-0.3, -0.25) is 0 Å². The Morgan fingerprint density at radius 2 is 1.05 bits per heavy atom. The maximum absolute atomic E-state index is 12.2. The van der Waals surface area contributed by atoms with Crippen LogP contribution in [0.5, 0.6) is 0 Å². The van der Waals surface area contributed by atoms with E-state index in [2.05, 4.69) is 4.74 Å². The zero-order chi connectivity index (χ0) is 16.0.